The summed E-state index contributed by atoms with van der Waals surface area (Å²) in [4.78, 5) is 31.5. The van der Waals surface area contributed by atoms with E-state index in [1.165, 1.54) is 24.3 Å². The van der Waals surface area contributed by atoms with Crippen molar-refractivity contribution in [2.24, 2.45) is 0 Å². The minimum atomic E-state index is -1.37. The number of esters is 1. The number of ether oxygens (including phenoxy) is 1. The number of hydrogen-bond donors (Lipinski definition) is 2. The number of amides is 1. The molecule has 2 atom stereocenters. The van der Waals surface area contributed by atoms with Crippen LogP contribution in [0.4, 0.5) is 5.69 Å². The van der Waals surface area contributed by atoms with E-state index >= 15 is 0 Å². The van der Waals surface area contributed by atoms with Crippen LogP contribution in [-0.2, 0) is 14.3 Å². The molecule has 0 aliphatic rings. The number of carbonyl (C=O) groups excluding carboxylic acids is 2. The van der Waals surface area contributed by atoms with Gasteiger partial charge in [-0.3, -0.25) is 19.7 Å². The number of rotatable bonds is 8. The molecule has 0 heterocycles. The van der Waals surface area contributed by atoms with Gasteiger partial charge in [-0.15, -0.1) is 0 Å². The number of halogens is 3. The van der Waals surface area contributed by atoms with E-state index in [1.807, 2.05) is 0 Å². The monoisotopic (exact) mass is 442 g/mol. The highest BCUT2D eigenvalue weighted by atomic mass is 79.9. The SMILES string of the molecule is O=C(CBr)OC[C@@H](NC(=O)C(Cl)Cl)[C@H](O)c1ccc([N+](=O)[O-])cc1. The molecular formula is C13H13BrCl2N2O6. The van der Waals surface area contributed by atoms with E-state index in [-0.39, 0.29) is 23.2 Å². The molecule has 0 fully saturated rings. The number of non-ortho nitro benzene ring substituents is 1. The lowest BCUT2D eigenvalue weighted by atomic mass is 10.0. The molecule has 24 heavy (non-hydrogen) atoms. The molecule has 1 aromatic rings. The van der Waals surface area contributed by atoms with Gasteiger partial charge in [-0.1, -0.05) is 39.1 Å². The van der Waals surface area contributed by atoms with E-state index in [9.17, 15) is 24.8 Å². The van der Waals surface area contributed by atoms with Crippen LogP contribution in [0.2, 0.25) is 0 Å². The summed E-state index contributed by atoms with van der Waals surface area (Å²) in [6.07, 6.45) is -1.30. The Labute approximate surface area is 155 Å². The Bertz CT molecular complexity index is 599. The third-order valence-electron chi connectivity index (χ3n) is 2.89. The molecule has 132 valence electrons. The molecule has 0 saturated carbocycles. The number of hydrogen-bond acceptors (Lipinski definition) is 6. The van der Waals surface area contributed by atoms with Crippen LogP contribution in [-0.4, -0.2) is 44.7 Å². The molecule has 0 unspecified atom stereocenters. The molecular weight excluding hydrogens is 431 g/mol. The van der Waals surface area contributed by atoms with Crippen molar-refractivity contribution in [1.82, 2.24) is 5.32 Å². The number of benzene rings is 1. The first-order chi connectivity index (χ1) is 11.3. The number of nitrogens with one attached hydrogen (secondary N) is 1. The summed E-state index contributed by atoms with van der Waals surface area (Å²) in [5, 5.41) is 23.3. The number of aliphatic hydroxyl groups is 1. The summed E-state index contributed by atoms with van der Waals surface area (Å²) >= 11 is 13.8. The first kappa shape index (κ1) is 20.6. The average molecular weight is 444 g/mol. The molecule has 0 aliphatic heterocycles. The van der Waals surface area contributed by atoms with Gasteiger partial charge in [-0.25, -0.2) is 0 Å². The molecule has 11 heteroatoms. The zero-order chi connectivity index (χ0) is 18.3. The van der Waals surface area contributed by atoms with E-state index < -0.39 is 33.8 Å². The first-order valence-corrected chi connectivity index (χ1v) is 8.48. The Balaban J connectivity index is 2.91. The molecule has 0 aliphatic carbocycles. The van der Waals surface area contributed by atoms with E-state index in [4.69, 9.17) is 27.9 Å². The second kappa shape index (κ2) is 9.77. The second-order valence-electron chi connectivity index (χ2n) is 4.53. The van der Waals surface area contributed by atoms with Crippen LogP contribution in [0, 0.1) is 10.1 Å². The molecule has 1 rings (SSSR count). The maximum atomic E-state index is 11.6. The lowest BCUT2D eigenvalue weighted by Crippen LogP contribution is -2.45. The summed E-state index contributed by atoms with van der Waals surface area (Å²) in [7, 11) is 0. The molecule has 0 saturated heterocycles. The third kappa shape index (κ3) is 6.23. The van der Waals surface area contributed by atoms with Crippen LogP contribution in [0.1, 0.15) is 11.7 Å². The number of alkyl halides is 3. The fourth-order valence-corrected chi connectivity index (χ4v) is 1.99. The Hall–Kier alpha value is -1.42. The highest BCUT2D eigenvalue weighted by Crippen LogP contribution is 2.21. The number of nitro benzene ring substituents is 1. The van der Waals surface area contributed by atoms with Crippen LogP contribution < -0.4 is 5.32 Å². The predicted molar refractivity (Wildman–Crippen MR) is 90.2 cm³/mol. The molecule has 0 radical (unpaired) electrons. The minimum absolute atomic E-state index is 0.0606. The minimum Gasteiger partial charge on any atom is -0.463 e. The normalized spacial score (nSPS) is 13.2. The lowest BCUT2D eigenvalue weighted by Gasteiger charge is -2.24. The van der Waals surface area contributed by atoms with Crippen LogP contribution in [0.15, 0.2) is 24.3 Å². The fraction of sp³-hybridized carbons (Fsp3) is 0.385. The number of nitro groups is 1. The first-order valence-electron chi connectivity index (χ1n) is 6.48. The Morgan fingerprint density at radius 3 is 2.38 bits per heavy atom. The molecule has 1 amide bonds. The quantitative estimate of drug-likeness (QED) is 0.274. The van der Waals surface area contributed by atoms with Crippen LogP contribution in [0.3, 0.4) is 0 Å². The van der Waals surface area contributed by atoms with Gasteiger partial charge in [0.15, 0.2) is 4.84 Å². The highest BCUT2D eigenvalue weighted by Gasteiger charge is 2.26. The topological polar surface area (TPSA) is 119 Å². The largest absolute Gasteiger partial charge is 0.463 e. The van der Waals surface area contributed by atoms with Crippen molar-refractivity contribution in [2.45, 2.75) is 17.0 Å². The average Bonchev–Trinajstić information content (AvgIpc) is 2.57. The molecule has 2 N–H and O–H groups in total. The van der Waals surface area contributed by atoms with E-state index in [2.05, 4.69) is 21.2 Å². The number of nitrogens with zero attached hydrogens (tertiary/aromatic N) is 1. The summed E-state index contributed by atoms with van der Waals surface area (Å²) in [5.74, 6) is -1.38. The summed E-state index contributed by atoms with van der Waals surface area (Å²) in [6, 6.07) is 4.02. The maximum Gasteiger partial charge on any atom is 0.316 e. The zero-order valence-electron chi connectivity index (χ0n) is 12.0. The molecule has 8 nitrogen and oxygen atoms in total. The van der Waals surface area contributed by atoms with Gasteiger partial charge in [0, 0.05) is 12.1 Å². The van der Waals surface area contributed by atoms with Gasteiger partial charge in [0.05, 0.1) is 11.0 Å². The molecule has 0 aromatic heterocycles. The lowest BCUT2D eigenvalue weighted by molar-refractivity contribution is -0.384. The van der Waals surface area contributed by atoms with Gasteiger partial charge in [0.25, 0.3) is 11.6 Å². The Kier molecular flexibility index (Phi) is 8.40. The summed E-state index contributed by atoms with van der Waals surface area (Å²) in [5.41, 5.74) is 0.125. The summed E-state index contributed by atoms with van der Waals surface area (Å²) in [6.45, 7) is -0.338. The van der Waals surface area contributed by atoms with Gasteiger partial charge >= 0.3 is 5.97 Å². The van der Waals surface area contributed by atoms with Crippen molar-refractivity contribution in [2.75, 3.05) is 11.9 Å². The standard InChI is InChI=1S/C13H13BrCl2N2O6/c14-5-10(19)24-6-9(17-13(21)12(15)16)11(20)7-1-3-8(4-2-7)18(22)23/h1-4,9,11-12,20H,5-6H2,(H,17,21)/t9-,11-/m1/s1. The van der Waals surface area contributed by atoms with Crippen molar-refractivity contribution in [3.8, 4) is 0 Å². The zero-order valence-corrected chi connectivity index (χ0v) is 15.1. The van der Waals surface area contributed by atoms with E-state index in [0.29, 0.717) is 0 Å². The smallest absolute Gasteiger partial charge is 0.316 e. The van der Waals surface area contributed by atoms with Gasteiger partial charge in [0.1, 0.15) is 18.0 Å². The van der Waals surface area contributed by atoms with Crippen molar-refractivity contribution in [3.63, 3.8) is 0 Å². The van der Waals surface area contributed by atoms with Crippen molar-refractivity contribution in [1.29, 1.82) is 0 Å². The van der Waals surface area contributed by atoms with Crippen molar-refractivity contribution < 1.29 is 24.4 Å². The molecule has 1 aromatic carbocycles. The second-order valence-corrected chi connectivity index (χ2v) is 6.18. The molecule has 0 spiro atoms. The Morgan fingerprint density at radius 1 is 1.33 bits per heavy atom. The number of aliphatic hydroxyl groups excluding tert-OH is 1. The van der Waals surface area contributed by atoms with Gasteiger partial charge in [-0.05, 0) is 17.7 Å². The van der Waals surface area contributed by atoms with Gasteiger partial charge < -0.3 is 15.2 Å². The van der Waals surface area contributed by atoms with Crippen LogP contribution in [0.25, 0.3) is 0 Å². The van der Waals surface area contributed by atoms with Crippen LogP contribution in [0.5, 0.6) is 0 Å². The number of carbonyl (C=O) groups is 2. The van der Waals surface area contributed by atoms with E-state index in [1.54, 1.807) is 0 Å². The summed E-state index contributed by atoms with van der Waals surface area (Å²) < 4.78 is 4.88. The van der Waals surface area contributed by atoms with Crippen molar-refractivity contribution in [3.05, 3.63) is 39.9 Å². The van der Waals surface area contributed by atoms with Gasteiger partial charge in [0.2, 0.25) is 0 Å². The maximum absolute atomic E-state index is 11.6. The van der Waals surface area contributed by atoms with Crippen LogP contribution >= 0.6 is 39.1 Å². The highest BCUT2D eigenvalue weighted by molar-refractivity contribution is 9.09. The van der Waals surface area contributed by atoms with Gasteiger partial charge in [-0.2, -0.15) is 0 Å². The predicted octanol–water partition coefficient (Wildman–Crippen LogP) is 1.85. The van der Waals surface area contributed by atoms with E-state index in [0.717, 1.165) is 0 Å². The third-order valence-corrected chi connectivity index (χ3v) is 3.74. The Morgan fingerprint density at radius 2 is 1.92 bits per heavy atom. The van der Waals surface area contributed by atoms with Crippen molar-refractivity contribution >= 4 is 56.7 Å². The fourth-order valence-electron chi connectivity index (χ4n) is 1.70. The molecule has 0 bridgehead atoms.